The van der Waals surface area contributed by atoms with Gasteiger partial charge in [-0.3, -0.25) is 4.79 Å². The van der Waals surface area contributed by atoms with Gasteiger partial charge in [0.25, 0.3) is 5.91 Å². The molecule has 3 nitrogen and oxygen atoms in total. The predicted molar refractivity (Wildman–Crippen MR) is 86.4 cm³/mol. The summed E-state index contributed by atoms with van der Waals surface area (Å²) >= 11 is 5.95. The van der Waals surface area contributed by atoms with Crippen molar-refractivity contribution >= 4 is 17.5 Å². The van der Waals surface area contributed by atoms with Crippen LogP contribution in [0.5, 0.6) is 0 Å². The van der Waals surface area contributed by atoms with Crippen molar-refractivity contribution in [2.24, 2.45) is 5.73 Å². The smallest absolute Gasteiger partial charge is 0.254 e. The van der Waals surface area contributed by atoms with E-state index in [0.717, 1.165) is 11.1 Å². The molecule has 1 amide bonds. The van der Waals surface area contributed by atoms with Crippen molar-refractivity contribution in [3.63, 3.8) is 0 Å². The molecular weight excluding hydrogens is 284 g/mol. The van der Waals surface area contributed by atoms with Crippen LogP contribution in [-0.2, 0) is 6.54 Å². The molecule has 2 rings (SSSR count). The van der Waals surface area contributed by atoms with Gasteiger partial charge in [-0.25, -0.2) is 0 Å². The third kappa shape index (κ3) is 4.06. The summed E-state index contributed by atoms with van der Waals surface area (Å²) in [4.78, 5) is 14.5. The summed E-state index contributed by atoms with van der Waals surface area (Å²) in [6.07, 6.45) is 0. The minimum Gasteiger partial charge on any atom is -0.333 e. The topological polar surface area (TPSA) is 46.3 Å². The van der Waals surface area contributed by atoms with Crippen LogP contribution in [0.3, 0.4) is 0 Å². The minimum absolute atomic E-state index is 0.0153. The Morgan fingerprint density at radius 3 is 2.52 bits per heavy atom. The molecule has 0 aliphatic heterocycles. The number of hydrogen-bond acceptors (Lipinski definition) is 2. The Morgan fingerprint density at radius 1 is 1.19 bits per heavy atom. The molecule has 2 N–H and O–H groups in total. The third-order valence-electron chi connectivity index (χ3n) is 3.32. The van der Waals surface area contributed by atoms with Crippen molar-refractivity contribution in [1.29, 1.82) is 0 Å². The molecule has 0 aliphatic carbocycles. The highest BCUT2D eigenvalue weighted by atomic mass is 35.5. The van der Waals surface area contributed by atoms with Gasteiger partial charge in [-0.1, -0.05) is 41.9 Å². The van der Waals surface area contributed by atoms with Crippen LogP contribution in [0.4, 0.5) is 0 Å². The van der Waals surface area contributed by atoms with Crippen LogP contribution in [0.15, 0.2) is 48.5 Å². The SMILES string of the molecule is Cc1cc(Cl)ccc1C(=O)N(CCN)Cc1ccccc1. The Labute approximate surface area is 130 Å². The van der Waals surface area contributed by atoms with E-state index in [-0.39, 0.29) is 5.91 Å². The zero-order valence-electron chi connectivity index (χ0n) is 12.1. The molecule has 2 aromatic carbocycles. The normalized spacial score (nSPS) is 10.4. The molecule has 4 heteroatoms. The van der Waals surface area contributed by atoms with Crippen molar-refractivity contribution in [3.8, 4) is 0 Å². The number of benzene rings is 2. The van der Waals surface area contributed by atoms with E-state index in [9.17, 15) is 4.79 Å². The fraction of sp³-hybridized carbons (Fsp3) is 0.235. The van der Waals surface area contributed by atoms with Crippen LogP contribution >= 0.6 is 11.6 Å². The zero-order valence-corrected chi connectivity index (χ0v) is 12.8. The monoisotopic (exact) mass is 302 g/mol. The van der Waals surface area contributed by atoms with E-state index in [1.165, 1.54) is 0 Å². The average Bonchev–Trinajstić information content (AvgIpc) is 2.47. The lowest BCUT2D eigenvalue weighted by atomic mass is 10.1. The van der Waals surface area contributed by atoms with E-state index in [1.807, 2.05) is 37.3 Å². The van der Waals surface area contributed by atoms with Gasteiger partial charge in [-0.15, -0.1) is 0 Å². The molecule has 0 spiro atoms. The summed E-state index contributed by atoms with van der Waals surface area (Å²) in [6, 6.07) is 15.2. The summed E-state index contributed by atoms with van der Waals surface area (Å²) in [5.74, 6) is -0.0153. The first-order valence-corrected chi connectivity index (χ1v) is 7.29. The van der Waals surface area contributed by atoms with Gasteiger partial charge < -0.3 is 10.6 Å². The Kier molecular flexibility index (Phi) is 5.37. The Morgan fingerprint density at radius 2 is 1.90 bits per heavy atom. The van der Waals surface area contributed by atoms with Crippen LogP contribution in [0.25, 0.3) is 0 Å². The fourth-order valence-electron chi connectivity index (χ4n) is 2.25. The number of amides is 1. The molecule has 0 saturated carbocycles. The van der Waals surface area contributed by atoms with E-state index >= 15 is 0 Å². The first-order chi connectivity index (χ1) is 10.1. The number of carbonyl (C=O) groups is 1. The Balaban J connectivity index is 2.23. The maximum Gasteiger partial charge on any atom is 0.254 e. The Bertz CT molecular complexity index is 613. The standard InChI is InChI=1S/C17H19ClN2O/c1-13-11-15(18)7-8-16(13)17(21)20(10-9-19)12-14-5-3-2-4-6-14/h2-8,11H,9-10,12,19H2,1H3. The second kappa shape index (κ2) is 7.25. The molecule has 0 unspecified atom stereocenters. The van der Waals surface area contributed by atoms with Crippen molar-refractivity contribution in [2.75, 3.05) is 13.1 Å². The summed E-state index contributed by atoms with van der Waals surface area (Å²) in [5, 5.41) is 0.637. The number of nitrogens with zero attached hydrogens (tertiary/aromatic N) is 1. The minimum atomic E-state index is -0.0153. The van der Waals surface area contributed by atoms with Gasteiger partial charge in [0.2, 0.25) is 0 Å². The Hall–Kier alpha value is -1.84. The van der Waals surface area contributed by atoms with Gasteiger partial charge in [0, 0.05) is 30.2 Å². The van der Waals surface area contributed by atoms with Crippen LogP contribution in [0.2, 0.25) is 5.02 Å². The lowest BCUT2D eigenvalue weighted by Gasteiger charge is -2.23. The molecule has 21 heavy (non-hydrogen) atoms. The number of rotatable bonds is 5. The van der Waals surface area contributed by atoms with Gasteiger partial charge in [0.15, 0.2) is 0 Å². The molecule has 0 saturated heterocycles. The second-order valence-corrected chi connectivity index (χ2v) is 5.40. The van der Waals surface area contributed by atoms with Crippen LogP contribution < -0.4 is 5.73 Å². The summed E-state index contributed by atoms with van der Waals surface area (Å²) < 4.78 is 0. The summed E-state index contributed by atoms with van der Waals surface area (Å²) in [7, 11) is 0. The number of nitrogens with two attached hydrogens (primary N) is 1. The molecule has 0 radical (unpaired) electrons. The first-order valence-electron chi connectivity index (χ1n) is 6.91. The van der Waals surface area contributed by atoms with E-state index in [0.29, 0.717) is 30.2 Å². The van der Waals surface area contributed by atoms with E-state index in [1.54, 1.807) is 23.1 Å². The first kappa shape index (κ1) is 15.5. The van der Waals surface area contributed by atoms with Gasteiger partial charge in [-0.2, -0.15) is 0 Å². The van der Waals surface area contributed by atoms with Crippen molar-refractivity contribution in [2.45, 2.75) is 13.5 Å². The molecule has 0 atom stereocenters. The second-order valence-electron chi connectivity index (χ2n) is 4.96. The highest BCUT2D eigenvalue weighted by Gasteiger charge is 2.17. The van der Waals surface area contributed by atoms with Gasteiger partial charge >= 0.3 is 0 Å². The highest BCUT2D eigenvalue weighted by Crippen LogP contribution is 2.18. The summed E-state index contributed by atoms with van der Waals surface area (Å²) in [5.41, 5.74) is 8.28. The van der Waals surface area contributed by atoms with Crippen molar-refractivity contribution in [1.82, 2.24) is 4.90 Å². The van der Waals surface area contributed by atoms with Gasteiger partial charge in [0.1, 0.15) is 0 Å². The average molecular weight is 303 g/mol. The lowest BCUT2D eigenvalue weighted by molar-refractivity contribution is 0.0747. The largest absolute Gasteiger partial charge is 0.333 e. The molecular formula is C17H19ClN2O. The molecule has 0 aliphatic rings. The van der Waals surface area contributed by atoms with Crippen LogP contribution in [0, 0.1) is 6.92 Å². The number of aryl methyl sites for hydroxylation is 1. The number of halogens is 1. The van der Waals surface area contributed by atoms with Gasteiger partial charge in [0.05, 0.1) is 0 Å². The van der Waals surface area contributed by atoms with Crippen LogP contribution in [-0.4, -0.2) is 23.9 Å². The van der Waals surface area contributed by atoms with Crippen LogP contribution in [0.1, 0.15) is 21.5 Å². The highest BCUT2D eigenvalue weighted by molar-refractivity contribution is 6.30. The molecule has 0 bridgehead atoms. The molecule has 110 valence electrons. The molecule has 0 aromatic heterocycles. The third-order valence-corrected chi connectivity index (χ3v) is 3.56. The zero-order chi connectivity index (χ0) is 15.2. The van der Waals surface area contributed by atoms with Crippen molar-refractivity contribution in [3.05, 3.63) is 70.2 Å². The van der Waals surface area contributed by atoms with E-state index in [2.05, 4.69) is 0 Å². The van der Waals surface area contributed by atoms with Crippen molar-refractivity contribution < 1.29 is 4.79 Å². The summed E-state index contributed by atoms with van der Waals surface area (Å²) in [6.45, 7) is 3.40. The fourth-order valence-corrected chi connectivity index (χ4v) is 2.48. The molecule has 0 heterocycles. The van der Waals surface area contributed by atoms with Gasteiger partial charge in [-0.05, 0) is 36.2 Å². The number of hydrogen-bond donors (Lipinski definition) is 1. The quantitative estimate of drug-likeness (QED) is 0.921. The maximum absolute atomic E-state index is 12.7. The number of carbonyl (C=O) groups excluding carboxylic acids is 1. The molecule has 2 aromatic rings. The maximum atomic E-state index is 12.7. The van der Waals surface area contributed by atoms with E-state index < -0.39 is 0 Å². The molecule has 0 fully saturated rings. The predicted octanol–water partition coefficient (Wildman–Crippen LogP) is 3.25. The van der Waals surface area contributed by atoms with E-state index in [4.69, 9.17) is 17.3 Å². The lowest BCUT2D eigenvalue weighted by Crippen LogP contribution is -2.35.